The topological polar surface area (TPSA) is 72.2 Å². The summed E-state index contributed by atoms with van der Waals surface area (Å²) in [4.78, 5) is 22.3. The van der Waals surface area contributed by atoms with Crippen LogP contribution in [0.15, 0.2) is 36.4 Å². The number of nitro benzene ring substituents is 1. The van der Waals surface area contributed by atoms with E-state index >= 15 is 0 Å². The van der Waals surface area contributed by atoms with E-state index in [2.05, 4.69) is 5.32 Å². The van der Waals surface area contributed by atoms with E-state index in [1.54, 1.807) is 19.1 Å². The lowest BCUT2D eigenvalue weighted by Gasteiger charge is -2.07. The van der Waals surface area contributed by atoms with E-state index in [4.69, 9.17) is 23.2 Å². The Hall–Kier alpha value is -2.11. The van der Waals surface area contributed by atoms with Gasteiger partial charge in [-0.15, -0.1) is 0 Å². The number of carbonyl (C=O) groups is 1. The maximum atomic E-state index is 12.1. The van der Waals surface area contributed by atoms with Crippen LogP contribution in [0.5, 0.6) is 0 Å². The average molecular weight is 325 g/mol. The molecule has 2 aromatic rings. The summed E-state index contributed by atoms with van der Waals surface area (Å²) >= 11 is 11.7. The fraction of sp³-hybridized carbons (Fsp3) is 0.0714. The van der Waals surface area contributed by atoms with Crippen molar-refractivity contribution in [1.82, 2.24) is 0 Å². The first-order valence-corrected chi connectivity index (χ1v) is 6.65. The van der Waals surface area contributed by atoms with Gasteiger partial charge in [-0.2, -0.15) is 0 Å². The number of nitro groups is 1. The average Bonchev–Trinajstić information content (AvgIpc) is 2.42. The van der Waals surface area contributed by atoms with Crippen molar-refractivity contribution >= 4 is 40.5 Å². The van der Waals surface area contributed by atoms with Crippen molar-refractivity contribution in [2.45, 2.75) is 6.92 Å². The molecule has 0 aliphatic heterocycles. The van der Waals surface area contributed by atoms with Crippen LogP contribution in [0.25, 0.3) is 0 Å². The van der Waals surface area contributed by atoms with Gasteiger partial charge >= 0.3 is 0 Å². The van der Waals surface area contributed by atoms with Gasteiger partial charge in [0, 0.05) is 22.9 Å². The predicted molar refractivity (Wildman–Crippen MR) is 82.2 cm³/mol. The molecule has 0 spiro atoms. The Labute approximate surface area is 130 Å². The van der Waals surface area contributed by atoms with Gasteiger partial charge in [-0.1, -0.05) is 23.2 Å². The van der Waals surface area contributed by atoms with E-state index in [1.807, 2.05) is 0 Å². The smallest absolute Gasteiger partial charge is 0.272 e. The Morgan fingerprint density at radius 1 is 1.14 bits per heavy atom. The number of benzene rings is 2. The number of aryl methyl sites for hydroxylation is 1. The minimum atomic E-state index is -0.490. The molecule has 0 fully saturated rings. The number of amides is 1. The number of rotatable bonds is 3. The molecule has 7 heteroatoms. The molecular formula is C14H10Cl2N2O3. The number of anilines is 1. The maximum absolute atomic E-state index is 12.1. The molecule has 0 aliphatic carbocycles. The molecule has 108 valence electrons. The number of nitrogens with one attached hydrogen (secondary N) is 1. The Bertz CT molecular complexity index is 732. The van der Waals surface area contributed by atoms with Gasteiger partial charge in [-0.25, -0.2) is 0 Å². The molecule has 0 saturated heterocycles. The second kappa shape index (κ2) is 6.11. The quantitative estimate of drug-likeness (QED) is 0.669. The molecule has 21 heavy (non-hydrogen) atoms. The van der Waals surface area contributed by atoms with Crippen molar-refractivity contribution in [3.63, 3.8) is 0 Å². The van der Waals surface area contributed by atoms with Crippen molar-refractivity contribution < 1.29 is 9.72 Å². The van der Waals surface area contributed by atoms with Crippen LogP contribution < -0.4 is 5.32 Å². The number of nitrogens with zero attached hydrogens (tertiary/aromatic N) is 1. The van der Waals surface area contributed by atoms with Crippen LogP contribution in [-0.4, -0.2) is 10.8 Å². The summed E-state index contributed by atoms with van der Waals surface area (Å²) in [6, 6.07) is 8.88. The third-order valence-electron chi connectivity index (χ3n) is 2.83. The maximum Gasteiger partial charge on any atom is 0.272 e. The molecule has 5 nitrogen and oxygen atoms in total. The van der Waals surface area contributed by atoms with Gasteiger partial charge < -0.3 is 5.32 Å². The molecule has 0 bridgehead atoms. The first kappa shape index (κ1) is 15.3. The summed E-state index contributed by atoms with van der Waals surface area (Å²) in [6.07, 6.45) is 0. The highest BCUT2D eigenvalue weighted by Crippen LogP contribution is 2.25. The van der Waals surface area contributed by atoms with Crippen molar-refractivity contribution in [2.75, 3.05) is 5.32 Å². The Balaban J connectivity index is 2.22. The van der Waals surface area contributed by atoms with Gasteiger partial charge in [0.15, 0.2) is 0 Å². The van der Waals surface area contributed by atoms with Crippen LogP contribution in [0.2, 0.25) is 10.0 Å². The minimum absolute atomic E-state index is 0.0268. The standard InChI is InChI=1S/C14H10Cl2N2O3/c1-8-6-9(2-5-13(8)18(20)21)14(19)17-10-3-4-11(15)12(16)7-10/h2-7H,1H3,(H,17,19). The normalized spacial score (nSPS) is 10.2. The SMILES string of the molecule is Cc1cc(C(=O)Nc2ccc(Cl)c(Cl)c2)ccc1[N+](=O)[O-]. The number of hydrogen-bond donors (Lipinski definition) is 1. The van der Waals surface area contributed by atoms with Crippen LogP contribution in [-0.2, 0) is 0 Å². The van der Waals surface area contributed by atoms with Gasteiger partial charge in [0.2, 0.25) is 0 Å². The van der Waals surface area contributed by atoms with E-state index in [1.165, 1.54) is 24.3 Å². The van der Waals surface area contributed by atoms with E-state index in [9.17, 15) is 14.9 Å². The highest BCUT2D eigenvalue weighted by atomic mass is 35.5. The van der Waals surface area contributed by atoms with Crippen LogP contribution in [0.4, 0.5) is 11.4 Å². The second-order valence-corrected chi connectivity index (χ2v) is 5.16. The predicted octanol–water partition coefficient (Wildman–Crippen LogP) is 4.46. The molecule has 1 N–H and O–H groups in total. The monoisotopic (exact) mass is 324 g/mol. The highest BCUT2D eigenvalue weighted by Gasteiger charge is 2.14. The van der Waals surface area contributed by atoms with Crippen LogP contribution in [0.3, 0.4) is 0 Å². The van der Waals surface area contributed by atoms with Crippen LogP contribution in [0, 0.1) is 17.0 Å². The van der Waals surface area contributed by atoms with E-state index < -0.39 is 4.92 Å². The van der Waals surface area contributed by atoms with Gasteiger partial charge in [-0.3, -0.25) is 14.9 Å². The third kappa shape index (κ3) is 3.51. The molecule has 0 saturated carbocycles. The lowest BCUT2D eigenvalue weighted by molar-refractivity contribution is -0.385. The fourth-order valence-electron chi connectivity index (χ4n) is 1.78. The summed E-state index contributed by atoms with van der Waals surface area (Å²) in [5, 5.41) is 14.1. The lowest BCUT2D eigenvalue weighted by Crippen LogP contribution is -2.12. The molecule has 1 amide bonds. The zero-order chi connectivity index (χ0) is 15.6. The van der Waals surface area contributed by atoms with Crippen molar-refractivity contribution in [3.05, 3.63) is 67.7 Å². The Morgan fingerprint density at radius 2 is 1.86 bits per heavy atom. The molecule has 2 rings (SSSR count). The van der Waals surface area contributed by atoms with E-state index in [0.29, 0.717) is 26.9 Å². The summed E-state index contributed by atoms with van der Waals surface area (Å²) in [7, 11) is 0. The van der Waals surface area contributed by atoms with E-state index in [-0.39, 0.29) is 11.6 Å². The summed E-state index contributed by atoms with van der Waals surface area (Å²) in [5.41, 5.74) is 1.21. The molecule has 0 aromatic heterocycles. The molecular weight excluding hydrogens is 315 g/mol. The molecule has 0 unspecified atom stereocenters. The van der Waals surface area contributed by atoms with Crippen molar-refractivity contribution in [3.8, 4) is 0 Å². The number of hydrogen-bond acceptors (Lipinski definition) is 3. The first-order chi connectivity index (χ1) is 9.88. The fourth-order valence-corrected chi connectivity index (χ4v) is 2.08. The van der Waals surface area contributed by atoms with Crippen molar-refractivity contribution in [2.24, 2.45) is 0 Å². The van der Waals surface area contributed by atoms with Gasteiger partial charge in [0.05, 0.1) is 15.0 Å². The van der Waals surface area contributed by atoms with Crippen LogP contribution in [0.1, 0.15) is 15.9 Å². The highest BCUT2D eigenvalue weighted by molar-refractivity contribution is 6.42. The molecule has 0 heterocycles. The Kier molecular flexibility index (Phi) is 4.45. The second-order valence-electron chi connectivity index (χ2n) is 4.34. The molecule has 2 aromatic carbocycles. The Morgan fingerprint density at radius 3 is 2.43 bits per heavy atom. The van der Waals surface area contributed by atoms with Crippen molar-refractivity contribution in [1.29, 1.82) is 0 Å². The minimum Gasteiger partial charge on any atom is -0.322 e. The third-order valence-corrected chi connectivity index (χ3v) is 3.57. The van der Waals surface area contributed by atoms with Gasteiger partial charge in [-0.05, 0) is 37.3 Å². The van der Waals surface area contributed by atoms with E-state index in [0.717, 1.165) is 0 Å². The first-order valence-electron chi connectivity index (χ1n) is 5.90. The zero-order valence-electron chi connectivity index (χ0n) is 10.9. The lowest BCUT2D eigenvalue weighted by atomic mass is 10.1. The summed E-state index contributed by atoms with van der Waals surface area (Å²) in [6.45, 7) is 1.58. The molecule has 0 aliphatic rings. The zero-order valence-corrected chi connectivity index (χ0v) is 12.4. The number of carbonyl (C=O) groups excluding carboxylic acids is 1. The van der Waals surface area contributed by atoms with Gasteiger partial charge in [0.1, 0.15) is 0 Å². The van der Waals surface area contributed by atoms with Crippen LogP contribution >= 0.6 is 23.2 Å². The van der Waals surface area contributed by atoms with Gasteiger partial charge in [0.25, 0.3) is 11.6 Å². The number of halogens is 2. The summed E-state index contributed by atoms with van der Waals surface area (Å²) < 4.78 is 0. The largest absolute Gasteiger partial charge is 0.322 e. The molecule has 0 radical (unpaired) electrons. The molecule has 0 atom stereocenters. The summed E-state index contributed by atoms with van der Waals surface area (Å²) in [5.74, 6) is -0.383.